The second kappa shape index (κ2) is 13.5. The van der Waals surface area contributed by atoms with Crippen LogP contribution in [-0.2, 0) is 16.7 Å². The summed E-state index contributed by atoms with van der Waals surface area (Å²) in [4.78, 5) is 27.7. The van der Waals surface area contributed by atoms with Gasteiger partial charge in [0.1, 0.15) is 0 Å². The minimum atomic E-state index is -3.79. The molecule has 2 fully saturated rings. The first kappa shape index (κ1) is 31.2. The number of carbonyl (C=O) groups excluding carboxylic acids is 1. The van der Waals surface area contributed by atoms with Gasteiger partial charge in [0.2, 0.25) is 0 Å². The number of hydrogen-bond donors (Lipinski definition) is 3. The fourth-order valence-corrected chi connectivity index (χ4v) is 6.19. The van der Waals surface area contributed by atoms with Crippen molar-refractivity contribution in [3.05, 3.63) is 40.4 Å². The standard InChI is InChI=1S/C26H37ClFN7O5S/c1-3-18-16-34(25-23(27)31-22(24(29)32-25)26(37)30-8-13-36)11-12-35(18)19-6-9-33(10-7-19)15-17-4-5-21(20(28)14-17)40-41(2,38)39/h4-5,14,18-19,36H,3,6-13,15-16H2,1-2H3,(H2,29,32)(H,30,37)/t18-/m0/s1. The van der Waals surface area contributed by atoms with Gasteiger partial charge in [-0.15, -0.1) is 0 Å². The smallest absolute Gasteiger partial charge is 0.306 e. The number of amides is 1. The molecule has 4 N–H and O–H groups in total. The van der Waals surface area contributed by atoms with Crippen LogP contribution >= 0.6 is 11.6 Å². The molecule has 15 heteroatoms. The molecule has 0 unspecified atom stereocenters. The molecule has 2 aromatic rings. The van der Waals surface area contributed by atoms with E-state index in [0.29, 0.717) is 31.5 Å². The quantitative estimate of drug-likeness (QED) is 0.334. The number of anilines is 2. The third-order valence-electron chi connectivity index (χ3n) is 7.44. The Kier molecular flexibility index (Phi) is 10.2. The molecule has 1 amide bonds. The molecular weight excluding hydrogens is 577 g/mol. The highest BCUT2D eigenvalue weighted by Gasteiger charge is 2.34. The number of piperidine rings is 1. The summed E-state index contributed by atoms with van der Waals surface area (Å²) in [6, 6.07) is 5.05. The summed E-state index contributed by atoms with van der Waals surface area (Å²) in [5.74, 6) is -1.09. The predicted molar refractivity (Wildman–Crippen MR) is 154 cm³/mol. The third-order valence-corrected chi connectivity index (χ3v) is 8.18. The lowest BCUT2D eigenvalue weighted by molar-refractivity contribution is 0.0610. The number of halogens is 2. The molecule has 0 bridgehead atoms. The largest absolute Gasteiger partial charge is 0.395 e. The van der Waals surface area contributed by atoms with Crippen molar-refractivity contribution >= 4 is 39.3 Å². The zero-order valence-electron chi connectivity index (χ0n) is 23.2. The molecule has 0 aliphatic carbocycles. The molecule has 3 heterocycles. The Balaban J connectivity index is 1.33. The predicted octanol–water partition coefficient (Wildman–Crippen LogP) is 1.48. The van der Waals surface area contributed by atoms with Crippen molar-refractivity contribution in [1.29, 1.82) is 0 Å². The minimum Gasteiger partial charge on any atom is -0.395 e. The average molecular weight is 614 g/mol. The Morgan fingerprint density at radius 3 is 2.61 bits per heavy atom. The van der Waals surface area contributed by atoms with Crippen molar-refractivity contribution in [2.24, 2.45) is 0 Å². The van der Waals surface area contributed by atoms with E-state index in [-0.39, 0.29) is 41.6 Å². The van der Waals surface area contributed by atoms with Gasteiger partial charge < -0.3 is 25.2 Å². The number of aromatic nitrogens is 2. The summed E-state index contributed by atoms with van der Waals surface area (Å²) in [5, 5.41) is 11.5. The lowest BCUT2D eigenvalue weighted by Crippen LogP contribution is -2.58. The molecule has 1 aromatic carbocycles. The van der Waals surface area contributed by atoms with Gasteiger partial charge in [-0.05, 0) is 50.0 Å². The average Bonchev–Trinajstić information content (AvgIpc) is 2.93. The molecule has 12 nitrogen and oxygen atoms in total. The molecule has 1 aromatic heterocycles. The number of carbonyl (C=O) groups is 1. The number of aliphatic hydroxyl groups excluding tert-OH is 1. The van der Waals surface area contributed by atoms with Crippen molar-refractivity contribution in [2.45, 2.75) is 44.8 Å². The molecule has 2 saturated heterocycles. The summed E-state index contributed by atoms with van der Waals surface area (Å²) < 4.78 is 41.6. The summed E-state index contributed by atoms with van der Waals surface area (Å²) in [7, 11) is -3.79. The second-order valence-corrected chi connectivity index (χ2v) is 12.3. The van der Waals surface area contributed by atoms with E-state index in [9.17, 15) is 17.6 Å². The number of hydrogen-bond acceptors (Lipinski definition) is 11. The molecule has 2 aliphatic rings. The second-order valence-electron chi connectivity index (χ2n) is 10.4. The van der Waals surface area contributed by atoms with Gasteiger partial charge in [-0.3, -0.25) is 14.6 Å². The number of aliphatic hydroxyl groups is 1. The first-order valence-electron chi connectivity index (χ1n) is 13.6. The maximum Gasteiger partial charge on any atom is 0.306 e. The van der Waals surface area contributed by atoms with Crippen LogP contribution in [0.25, 0.3) is 0 Å². The maximum absolute atomic E-state index is 14.4. The summed E-state index contributed by atoms with van der Waals surface area (Å²) in [6.07, 6.45) is 3.76. The van der Waals surface area contributed by atoms with E-state index in [0.717, 1.165) is 50.7 Å². The van der Waals surface area contributed by atoms with Gasteiger partial charge in [0.05, 0.1) is 12.9 Å². The number of nitrogens with two attached hydrogens (primary N) is 1. The van der Waals surface area contributed by atoms with Crippen LogP contribution in [0.5, 0.6) is 5.75 Å². The number of piperazine rings is 1. The normalized spacial score (nSPS) is 19.3. The first-order valence-corrected chi connectivity index (χ1v) is 15.8. The van der Waals surface area contributed by atoms with Crippen LogP contribution in [-0.4, -0.2) is 103 Å². The molecule has 0 spiro atoms. The van der Waals surface area contributed by atoms with E-state index in [1.165, 1.54) is 12.1 Å². The van der Waals surface area contributed by atoms with Gasteiger partial charge in [-0.2, -0.15) is 8.42 Å². The van der Waals surface area contributed by atoms with E-state index < -0.39 is 21.8 Å². The van der Waals surface area contributed by atoms with Gasteiger partial charge in [-0.1, -0.05) is 24.6 Å². The number of nitrogens with one attached hydrogen (secondary N) is 1. The van der Waals surface area contributed by atoms with Crippen LogP contribution in [0.1, 0.15) is 42.2 Å². The number of likely N-dealkylation sites (tertiary alicyclic amines) is 1. The molecular formula is C26H37ClFN7O5S. The van der Waals surface area contributed by atoms with E-state index >= 15 is 0 Å². The fourth-order valence-electron chi connectivity index (χ4n) is 5.49. The van der Waals surface area contributed by atoms with Crippen LogP contribution in [0, 0.1) is 5.82 Å². The fraction of sp³-hybridized carbons (Fsp3) is 0.577. The van der Waals surface area contributed by atoms with Crippen molar-refractivity contribution in [2.75, 3.05) is 62.8 Å². The summed E-state index contributed by atoms with van der Waals surface area (Å²) in [5.41, 5.74) is 6.74. The van der Waals surface area contributed by atoms with E-state index in [1.54, 1.807) is 6.07 Å². The molecule has 226 valence electrons. The Bertz CT molecular complexity index is 1340. The monoisotopic (exact) mass is 613 g/mol. The molecule has 4 rings (SSSR count). The van der Waals surface area contributed by atoms with Crippen LogP contribution in [0.3, 0.4) is 0 Å². The molecule has 0 saturated carbocycles. The lowest BCUT2D eigenvalue weighted by atomic mass is 9.98. The Morgan fingerprint density at radius 1 is 1.24 bits per heavy atom. The van der Waals surface area contributed by atoms with Crippen molar-refractivity contribution in [3.8, 4) is 5.75 Å². The van der Waals surface area contributed by atoms with Gasteiger partial charge in [0.15, 0.2) is 34.0 Å². The minimum absolute atomic E-state index is 0.0138. The Labute approximate surface area is 244 Å². The topological polar surface area (TPSA) is 154 Å². The zero-order chi connectivity index (χ0) is 29.7. The van der Waals surface area contributed by atoms with E-state index in [4.69, 9.17) is 22.4 Å². The van der Waals surface area contributed by atoms with Crippen LogP contribution in [0.4, 0.5) is 16.0 Å². The summed E-state index contributed by atoms with van der Waals surface area (Å²) in [6.45, 7) is 6.50. The van der Waals surface area contributed by atoms with Crippen LogP contribution in [0.15, 0.2) is 18.2 Å². The molecule has 0 radical (unpaired) electrons. The van der Waals surface area contributed by atoms with Gasteiger partial charge in [0, 0.05) is 44.8 Å². The molecule has 2 aliphatic heterocycles. The van der Waals surface area contributed by atoms with Crippen molar-refractivity contribution < 1.29 is 26.9 Å². The van der Waals surface area contributed by atoms with Crippen molar-refractivity contribution in [1.82, 2.24) is 25.1 Å². The number of nitrogens with zero attached hydrogens (tertiary/aromatic N) is 5. The first-order chi connectivity index (χ1) is 19.5. The Morgan fingerprint density at radius 2 is 1.98 bits per heavy atom. The molecule has 1 atom stereocenters. The summed E-state index contributed by atoms with van der Waals surface area (Å²) >= 11 is 6.44. The number of nitrogen functional groups attached to an aromatic ring is 1. The van der Waals surface area contributed by atoms with Gasteiger partial charge >= 0.3 is 10.1 Å². The van der Waals surface area contributed by atoms with E-state index in [2.05, 4.69) is 41.1 Å². The zero-order valence-corrected chi connectivity index (χ0v) is 24.8. The Hall–Kier alpha value is -2.78. The molecule has 41 heavy (non-hydrogen) atoms. The van der Waals surface area contributed by atoms with Crippen LogP contribution < -0.4 is 20.1 Å². The number of benzene rings is 1. The third kappa shape index (κ3) is 7.95. The SMILES string of the molecule is CC[C@H]1CN(c2nc(N)c(C(=O)NCCO)nc2Cl)CCN1C1CCN(Cc2ccc(OS(C)(=O)=O)c(F)c2)CC1. The highest BCUT2D eigenvalue weighted by Crippen LogP contribution is 2.30. The highest BCUT2D eigenvalue weighted by molar-refractivity contribution is 7.86. The lowest BCUT2D eigenvalue weighted by Gasteiger charge is -2.47. The van der Waals surface area contributed by atoms with Gasteiger partial charge in [0.25, 0.3) is 5.91 Å². The highest BCUT2D eigenvalue weighted by atomic mass is 35.5. The maximum atomic E-state index is 14.4. The number of rotatable bonds is 10. The van der Waals surface area contributed by atoms with Crippen LogP contribution in [0.2, 0.25) is 5.15 Å². The van der Waals surface area contributed by atoms with Gasteiger partial charge in [-0.25, -0.2) is 14.4 Å². The van der Waals surface area contributed by atoms with E-state index in [1.807, 2.05) is 0 Å². The van der Waals surface area contributed by atoms with Crippen molar-refractivity contribution in [3.63, 3.8) is 0 Å².